The fraction of sp³-hybridized carbons (Fsp3) is 1.00. The summed E-state index contributed by atoms with van der Waals surface area (Å²) in [5.74, 6) is 0. The SMILES string of the molecule is CCC1CC[Si](C)(C)[Si](C)(C)O1. The van der Waals surface area contributed by atoms with Crippen molar-refractivity contribution in [3.8, 4) is 0 Å². The van der Waals surface area contributed by atoms with Crippen LogP contribution in [0.3, 0.4) is 0 Å². The molecule has 1 nitrogen and oxygen atoms in total. The topological polar surface area (TPSA) is 9.23 Å². The summed E-state index contributed by atoms with van der Waals surface area (Å²) < 4.78 is 6.24. The molecule has 0 radical (unpaired) electrons. The van der Waals surface area contributed by atoms with Crippen LogP contribution in [0.4, 0.5) is 0 Å². The Balaban J connectivity index is 2.68. The predicted octanol–water partition coefficient (Wildman–Crippen LogP) is 3.18. The molecule has 1 unspecified atom stereocenters. The average molecular weight is 202 g/mol. The van der Waals surface area contributed by atoms with E-state index in [1.165, 1.54) is 18.9 Å². The largest absolute Gasteiger partial charge is 0.417 e. The minimum absolute atomic E-state index is 0.590. The van der Waals surface area contributed by atoms with Gasteiger partial charge in [-0.3, -0.25) is 0 Å². The van der Waals surface area contributed by atoms with Gasteiger partial charge in [0.15, 0.2) is 7.83 Å². The van der Waals surface area contributed by atoms with Crippen LogP contribution >= 0.6 is 0 Å². The molecule has 0 spiro atoms. The first-order valence-electron chi connectivity index (χ1n) is 5.07. The summed E-state index contributed by atoms with van der Waals surface area (Å²) in [4.78, 5) is 0. The molecule has 0 N–H and O–H groups in total. The Bertz CT molecular complexity index is 166. The zero-order chi connectivity index (χ0) is 9.41. The van der Waals surface area contributed by atoms with Crippen LogP contribution in [0.25, 0.3) is 0 Å². The molecule has 0 amide bonds. The summed E-state index contributed by atoms with van der Waals surface area (Å²) in [5, 5.41) is 0. The van der Waals surface area contributed by atoms with Crippen molar-refractivity contribution in [1.82, 2.24) is 0 Å². The van der Waals surface area contributed by atoms with E-state index in [0.29, 0.717) is 6.10 Å². The standard InChI is InChI=1S/C9H22OSi2/c1-6-9-7-8-11(2,3)12(4,5)10-9/h9H,6-8H2,1-5H3. The van der Waals surface area contributed by atoms with Gasteiger partial charge in [-0.25, -0.2) is 0 Å². The Morgan fingerprint density at radius 3 is 2.25 bits per heavy atom. The second kappa shape index (κ2) is 3.27. The molecule has 1 rings (SSSR count). The van der Waals surface area contributed by atoms with E-state index < -0.39 is 15.4 Å². The van der Waals surface area contributed by atoms with Crippen LogP contribution < -0.4 is 0 Å². The van der Waals surface area contributed by atoms with Crippen molar-refractivity contribution in [1.29, 1.82) is 0 Å². The maximum absolute atomic E-state index is 6.24. The van der Waals surface area contributed by atoms with Gasteiger partial charge in [0, 0.05) is 6.10 Å². The van der Waals surface area contributed by atoms with E-state index in [-0.39, 0.29) is 0 Å². The van der Waals surface area contributed by atoms with Gasteiger partial charge in [0.25, 0.3) is 0 Å². The number of hydrogen-bond donors (Lipinski definition) is 0. The van der Waals surface area contributed by atoms with Crippen molar-refractivity contribution < 1.29 is 4.43 Å². The highest BCUT2D eigenvalue weighted by Gasteiger charge is 2.46. The van der Waals surface area contributed by atoms with Crippen molar-refractivity contribution in [2.75, 3.05) is 0 Å². The summed E-state index contributed by atoms with van der Waals surface area (Å²) in [6.07, 6.45) is 3.12. The molecule has 3 heteroatoms. The van der Waals surface area contributed by atoms with Crippen molar-refractivity contribution in [2.45, 2.75) is 58.1 Å². The molecule has 1 saturated heterocycles. The summed E-state index contributed by atoms with van der Waals surface area (Å²) >= 11 is 0. The van der Waals surface area contributed by atoms with Crippen LogP contribution in [0.5, 0.6) is 0 Å². The fourth-order valence-corrected chi connectivity index (χ4v) is 8.52. The maximum Gasteiger partial charge on any atom is 0.174 e. The van der Waals surface area contributed by atoms with E-state index in [0.717, 1.165) is 0 Å². The number of hydrogen-bond acceptors (Lipinski definition) is 1. The molecular weight excluding hydrogens is 180 g/mol. The molecule has 0 aromatic rings. The van der Waals surface area contributed by atoms with E-state index in [1.807, 2.05) is 0 Å². The lowest BCUT2D eigenvalue weighted by Crippen LogP contribution is -2.61. The predicted molar refractivity (Wildman–Crippen MR) is 59.6 cm³/mol. The molecule has 0 saturated carbocycles. The van der Waals surface area contributed by atoms with Gasteiger partial charge in [0.05, 0.1) is 7.59 Å². The van der Waals surface area contributed by atoms with E-state index in [9.17, 15) is 0 Å². The minimum atomic E-state index is -1.26. The summed E-state index contributed by atoms with van der Waals surface area (Å²) in [7, 11) is -2.22. The van der Waals surface area contributed by atoms with E-state index >= 15 is 0 Å². The molecule has 1 atom stereocenters. The van der Waals surface area contributed by atoms with Gasteiger partial charge < -0.3 is 4.43 Å². The quantitative estimate of drug-likeness (QED) is 0.594. The van der Waals surface area contributed by atoms with E-state index in [1.54, 1.807) is 0 Å². The molecule has 72 valence electrons. The van der Waals surface area contributed by atoms with Crippen LogP contribution in [-0.4, -0.2) is 21.5 Å². The fourth-order valence-electron chi connectivity index (χ4n) is 1.75. The van der Waals surface area contributed by atoms with Gasteiger partial charge >= 0.3 is 0 Å². The van der Waals surface area contributed by atoms with Gasteiger partial charge in [-0.2, -0.15) is 0 Å². The highest BCUT2D eigenvalue weighted by atomic mass is 29.3. The van der Waals surface area contributed by atoms with Gasteiger partial charge in [-0.1, -0.05) is 26.1 Å². The molecule has 1 aliphatic rings. The lowest BCUT2D eigenvalue weighted by molar-refractivity contribution is 0.181. The van der Waals surface area contributed by atoms with E-state index in [4.69, 9.17) is 4.43 Å². The molecule has 12 heavy (non-hydrogen) atoms. The summed E-state index contributed by atoms with van der Waals surface area (Å²) in [6, 6.07) is 1.49. The van der Waals surface area contributed by atoms with Gasteiger partial charge in [0.2, 0.25) is 0 Å². The smallest absolute Gasteiger partial charge is 0.174 e. The molecule has 1 heterocycles. The first-order valence-corrected chi connectivity index (χ1v) is 12.2. The van der Waals surface area contributed by atoms with Crippen molar-refractivity contribution >= 4 is 15.4 Å². The molecule has 0 aliphatic carbocycles. The Morgan fingerprint density at radius 2 is 1.83 bits per heavy atom. The van der Waals surface area contributed by atoms with Gasteiger partial charge in [0.1, 0.15) is 0 Å². The Labute approximate surface area is 78.4 Å². The van der Waals surface area contributed by atoms with Crippen LogP contribution in [0.1, 0.15) is 19.8 Å². The molecule has 1 aliphatic heterocycles. The Hall–Kier alpha value is 0.394. The highest BCUT2D eigenvalue weighted by Crippen LogP contribution is 2.34. The van der Waals surface area contributed by atoms with Crippen LogP contribution in [-0.2, 0) is 4.43 Å². The molecular formula is C9H22OSi2. The van der Waals surface area contributed by atoms with Crippen molar-refractivity contribution in [3.63, 3.8) is 0 Å². The highest BCUT2D eigenvalue weighted by molar-refractivity contribution is 7.38. The molecule has 0 aromatic carbocycles. The van der Waals surface area contributed by atoms with Crippen molar-refractivity contribution in [3.05, 3.63) is 0 Å². The third kappa shape index (κ3) is 1.83. The lowest BCUT2D eigenvalue weighted by atomic mass is 10.2. The van der Waals surface area contributed by atoms with Crippen LogP contribution in [0.15, 0.2) is 0 Å². The zero-order valence-electron chi connectivity index (χ0n) is 9.11. The van der Waals surface area contributed by atoms with Gasteiger partial charge in [-0.15, -0.1) is 0 Å². The monoisotopic (exact) mass is 202 g/mol. The van der Waals surface area contributed by atoms with E-state index in [2.05, 4.69) is 33.1 Å². The average Bonchev–Trinajstić information content (AvgIpc) is 1.95. The lowest BCUT2D eigenvalue weighted by Gasteiger charge is -2.45. The normalized spacial score (nSPS) is 33.2. The second-order valence-corrected chi connectivity index (χ2v) is 20.3. The molecule has 1 fully saturated rings. The molecule has 0 aromatic heterocycles. The van der Waals surface area contributed by atoms with Crippen LogP contribution in [0.2, 0.25) is 32.2 Å². The Morgan fingerprint density at radius 1 is 1.25 bits per heavy atom. The minimum Gasteiger partial charge on any atom is -0.417 e. The third-order valence-electron chi connectivity index (χ3n) is 3.64. The zero-order valence-corrected chi connectivity index (χ0v) is 11.1. The number of rotatable bonds is 1. The summed E-state index contributed by atoms with van der Waals surface area (Å²) in [6.45, 7) is 12.1. The first kappa shape index (κ1) is 10.5. The maximum atomic E-state index is 6.24. The summed E-state index contributed by atoms with van der Waals surface area (Å²) in [5.41, 5.74) is 0. The second-order valence-electron chi connectivity index (χ2n) is 5.08. The van der Waals surface area contributed by atoms with Crippen LogP contribution in [0, 0.1) is 0 Å². The Kier molecular flexibility index (Phi) is 2.86. The third-order valence-corrected chi connectivity index (χ3v) is 20.2. The van der Waals surface area contributed by atoms with Gasteiger partial charge in [-0.05, 0) is 25.9 Å². The first-order chi connectivity index (χ1) is 5.39. The molecule has 0 bridgehead atoms. The van der Waals surface area contributed by atoms with Crippen molar-refractivity contribution in [2.24, 2.45) is 0 Å².